The van der Waals surface area contributed by atoms with Crippen LogP contribution in [0.2, 0.25) is 0 Å². The maximum absolute atomic E-state index is 14.9. The fraction of sp³-hybridized carbons (Fsp3) is 0.435. The molecule has 0 aliphatic heterocycles. The molecule has 0 spiro atoms. The molecule has 0 aliphatic carbocycles. The van der Waals surface area contributed by atoms with E-state index in [1.54, 1.807) is 24.3 Å². The van der Waals surface area contributed by atoms with Gasteiger partial charge in [0.15, 0.2) is 5.96 Å². The summed E-state index contributed by atoms with van der Waals surface area (Å²) in [6.45, 7) is -0.0624. The van der Waals surface area contributed by atoms with Gasteiger partial charge in [-0.3, -0.25) is 72.1 Å². The molecule has 38 heteroatoms. The summed E-state index contributed by atoms with van der Waals surface area (Å²) in [7, 11) is 0. The first kappa shape index (κ1) is 81.7. The number of benzene rings is 3. The molecule has 0 bridgehead atoms. The Kier molecular flexibility index (Phi) is 33.4. The molecule has 100 heavy (non-hydrogen) atoms. The average molecular weight is 1440 g/mol. The highest BCUT2D eigenvalue weighted by atomic mass is 32.1. The lowest BCUT2D eigenvalue weighted by Gasteiger charge is -2.28. The van der Waals surface area contributed by atoms with Crippen LogP contribution in [-0.4, -0.2) is 212 Å². The second kappa shape index (κ2) is 40.9. The normalized spacial score (nSPS) is 14.3. The smallest absolute Gasteiger partial charge is 0.245 e. The number of nitrogens with zero attached hydrogens (tertiary/aromatic N) is 1. The van der Waals surface area contributed by atoms with Crippen LogP contribution in [0.25, 0.3) is 10.9 Å². The van der Waals surface area contributed by atoms with Crippen LogP contribution in [0, 0.1) is 0 Å². The average Bonchev–Trinajstić information content (AvgIpc) is 1.61. The van der Waals surface area contributed by atoms with E-state index in [-0.39, 0.29) is 61.2 Å². The molecule has 4 aromatic rings. The van der Waals surface area contributed by atoms with Crippen LogP contribution >= 0.6 is 25.3 Å². The van der Waals surface area contributed by atoms with Gasteiger partial charge in [0.2, 0.25) is 82.7 Å². The number of guanidine groups is 1. The van der Waals surface area contributed by atoms with Gasteiger partial charge in [-0.25, -0.2) is 0 Å². The van der Waals surface area contributed by atoms with E-state index in [2.05, 4.69) is 93.7 Å². The zero-order valence-electron chi connectivity index (χ0n) is 54.5. The van der Waals surface area contributed by atoms with Gasteiger partial charge >= 0.3 is 0 Å². The second-order valence-electron chi connectivity index (χ2n) is 22.9. The minimum atomic E-state index is -1.94. The number of nitrogens with one attached hydrogen (secondary N) is 12. The summed E-state index contributed by atoms with van der Waals surface area (Å²) in [5.41, 5.74) is 28.9. The van der Waals surface area contributed by atoms with Gasteiger partial charge in [-0.2, -0.15) is 25.3 Å². The monoisotopic (exact) mass is 1430 g/mol. The Morgan fingerprint density at radius 1 is 0.450 bits per heavy atom. The van der Waals surface area contributed by atoms with Crippen molar-refractivity contribution < 1.29 is 87.5 Å². The lowest BCUT2D eigenvalue weighted by molar-refractivity contribution is -0.136. The quantitative estimate of drug-likeness (QED) is 0.00848. The lowest BCUT2D eigenvalue weighted by Crippen LogP contribution is -2.62. The molecular formula is C62H86N18O18S2. The van der Waals surface area contributed by atoms with Gasteiger partial charge in [0, 0.05) is 74.2 Å². The van der Waals surface area contributed by atoms with Crippen molar-refractivity contribution in [1.82, 2.24) is 63.5 Å². The number of carbonyl (C=O) groups excluding carboxylic acids is 14. The zero-order valence-corrected chi connectivity index (χ0v) is 56.3. The molecule has 0 saturated heterocycles. The van der Waals surface area contributed by atoms with Crippen molar-refractivity contribution in [2.45, 2.75) is 138 Å². The Labute approximate surface area is 583 Å². The molecule has 1 aromatic heterocycles. The maximum Gasteiger partial charge on any atom is 0.245 e. The van der Waals surface area contributed by atoms with Crippen LogP contribution in [0.3, 0.4) is 0 Å². The number of thiol groups is 2. The van der Waals surface area contributed by atoms with E-state index < -0.39 is 194 Å². The van der Waals surface area contributed by atoms with E-state index >= 15 is 0 Å². The van der Waals surface area contributed by atoms with E-state index in [1.165, 1.54) is 61.7 Å². The van der Waals surface area contributed by atoms with Crippen molar-refractivity contribution in [2.75, 3.05) is 31.3 Å². The highest BCUT2D eigenvalue weighted by Crippen LogP contribution is 2.21. The molecule has 1 heterocycles. The summed E-state index contributed by atoms with van der Waals surface area (Å²) in [6.07, 6.45) is -1.84. The third kappa shape index (κ3) is 27.3. The van der Waals surface area contributed by atoms with Crippen LogP contribution in [0.4, 0.5) is 0 Å². The van der Waals surface area contributed by atoms with Gasteiger partial charge in [-0.1, -0.05) is 42.5 Å². The highest BCUT2D eigenvalue weighted by molar-refractivity contribution is 7.80. The number of phenols is 2. The van der Waals surface area contributed by atoms with Crippen molar-refractivity contribution >= 4 is 125 Å². The van der Waals surface area contributed by atoms with E-state index in [1.807, 2.05) is 0 Å². The van der Waals surface area contributed by atoms with Crippen LogP contribution in [0.1, 0.15) is 69.1 Å². The van der Waals surface area contributed by atoms with Gasteiger partial charge in [-0.15, -0.1) is 0 Å². The second-order valence-corrected chi connectivity index (χ2v) is 23.7. The number of aliphatic hydroxyl groups is 2. The number of amides is 14. The Bertz CT molecular complexity index is 3580. The van der Waals surface area contributed by atoms with Crippen LogP contribution in [0.15, 0.2) is 84.0 Å². The number of aromatic nitrogens is 1. The molecule has 544 valence electrons. The van der Waals surface area contributed by atoms with E-state index in [0.29, 0.717) is 27.6 Å². The highest BCUT2D eigenvalue weighted by Gasteiger charge is 2.37. The summed E-state index contributed by atoms with van der Waals surface area (Å²) < 4.78 is 0. The number of primary amides is 3. The number of carbonyl (C=O) groups is 14. The van der Waals surface area contributed by atoms with Gasteiger partial charge in [0.1, 0.15) is 78.0 Å². The number of fused-ring (bicyclic) bond motifs is 1. The molecule has 14 amide bonds. The van der Waals surface area contributed by atoms with Crippen molar-refractivity contribution in [2.24, 2.45) is 33.7 Å². The lowest BCUT2D eigenvalue weighted by atomic mass is 10.0. The minimum Gasteiger partial charge on any atom is -0.508 e. The van der Waals surface area contributed by atoms with Crippen molar-refractivity contribution in [3.8, 4) is 11.5 Å². The topological polar surface area (TPSA) is 610 Å². The number of phenolic OH excluding ortho intramolecular Hbond substituents is 2. The van der Waals surface area contributed by atoms with Gasteiger partial charge in [0.25, 0.3) is 0 Å². The van der Waals surface area contributed by atoms with Crippen molar-refractivity contribution in [3.05, 3.63) is 95.7 Å². The number of H-pyrrole nitrogens is 1. The SMILES string of the molecule is CC(=O)N[C@@H](CS)C(=O)N[C@@H](Cc1ccc(O)cc1)C(=O)N[C@@H](CCC(N)=O)C(=O)N[C@@H](CO)C(=O)N[C@@H](Cc1c[nH]c2ccccc12)C(=O)N[C@@H](CCCN=C(N)N)C(=O)N[C@@H](Cc1ccc(O)cc1)C(=O)N[C@@H](CO)C(=O)N[C@@H](CCC(N)=O)C(=O)N[C@@H](C)C(=O)N[C@@H](CS)C(N)=O. The first-order chi connectivity index (χ1) is 47.4. The molecule has 0 aliphatic rings. The molecule has 0 fully saturated rings. The number of aromatic amines is 1. The maximum atomic E-state index is 14.9. The first-order valence-electron chi connectivity index (χ1n) is 31.1. The summed E-state index contributed by atoms with van der Waals surface area (Å²) in [5.74, 6) is -15.2. The summed E-state index contributed by atoms with van der Waals surface area (Å²) >= 11 is 8.10. The summed E-state index contributed by atoms with van der Waals surface area (Å²) in [6, 6.07) is -0.0589. The molecule has 26 N–H and O–H groups in total. The van der Waals surface area contributed by atoms with E-state index in [4.69, 9.17) is 28.7 Å². The molecule has 4 rings (SSSR count). The zero-order chi connectivity index (χ0) is 74.3. The predicted molar refractivity (Wildman–Crippen MR) is 366 cm³/mol. The van der Waals surface area contributed by atoms with Gasteiger partial charge in [-0.05, 0) is 79.6 Å². The number of para-hydroxylation sites is 1. The van der Waals surface area contributed by atoms with Gasteiger partial charge < -0.3 is 113 Å². The van der Waals surface area contributed by atoms with E-state index in [9.17, 15) is 87.5 Å². The molecule has 0 radical (unpaired) electrons. The third-order valence-electron chi connectivity index (χ3n) is 15.1. The fourth-order valence-electron chi connectivity index (χ4n) is 9.66. The number of aliphatic imine (C=N–C) groups is 1. The van der Waals surface area contributed by atoms with E-state index in [0.717, 1.165) is 6.92 Å². The molecule has 0 saturated carbocycles. The van der Waals surface area contributed by atoms with Crippen LogP contribution in [0.5, 0.6) is 11.5 Å². The fourth-order valence-corrected chi connectivity index (χ4v) is 10.2. The number of aliphatic hydroxyl groups excluding tert-OH is 2. The first-order valence-corrected chi connectivity index (χ1v) is 32.4. The molecule has 36 nitrogen and oxygen atoms in total. The van der Waals surface area contributed by atoms with Gasteiger partial charge in [0.05, 0.1) is 13.2 Å². The van der Waals surface area contributed by atoms with Crippen LogP contribution in [-0.2, 0) is 86.4 Å². The molecule has 0 unspecified atom stereocenters. The standard InChI is InChI=1S/C62H86N18O18S2/c1-30(52(89)80-47(28-99)51(65)88)70-53(90)40(17-19-49(63)86)74-59(96)45(26-81)79-57(94)43(23-33-11-15-36(85)16-12-33)75-54(91)39(8-5-21-68-62(66)67)72-58(95)44(24-34-25-69-38-7-4-3-6-37(34)38)77-60(97)46(27-82)78-55(92)41(18-20-50(64)87)73-56(93)42(22-32-9-13-35(84)14-10-32)76-61(98)48(29-100)71-31(2)83/h3-4,6-7,9-16,25,30,39-48,69,81-82,84-85,99-100H,5,8,17-24,26-29H2,1-2H3,(H2,63,86)(H2,64,87)(H2,65,88)(H,70,90)(H,71,83)(H,72,95)(H,73,93)(H,74,96)(H,75,91)(H,76,98)(H,77,97)(H,78,92)(H,79,94)(H,80,89)(H4,66,67,68)/t30-,39-,40-,41-,42-,43-,44-,45-,46-,47-,48-/m0/s1. The van der Waals surface area contributed by atoms with Crippen molar-refractivity contribution in [3.63, 3.8) is 0 Å². The Morgan fingerprint density at radius 3 is 1.23 bits per heavy atom. The third-order valence-corrected chi connectivity index (χ3v) is 15.8. The Balaban J connectivity index is 1.69. The number of hydrogen-bond donors (Lipinski definition) is 23. The summed E-state index contributed by atoms with van der Waals surface area (Å²) in [5, 5.41) is 68.4. The van der Waals surface area contributed by atoms with Crippen molar-refractivity contribution in [1.29, 1.82) is 0 Å². The van der Waals surface area contributed by atoms with Crippen LogP contribution < -0.4 is 87.2 Å². The number of rotatable bonds is 42. The molecular weight excluding hydrogens is 1350 g/mol. The Morgan fingerprint density at radius 2 is 0.820 bits per heavy atom. The summed E-state index contributed by atoms with van der Waals surface area (Å²) in [4.78, 5) is 195. The molecule has 3 aromatic carbocycles. The number of hydrogen-bond acceptors (Lipinski definition) is 21. The number of nitrogens with two attached hydrogens (primary N) is 5. The molecule has 11 atom stereocenters. The Hall–Kier alpha value is -10.7. The predicted octanol–water partition coefficient (Wildman–Crippen LogP) is -7.11. The minimum absolute atomic E-state index is 0.0436. The largest absolute Gasteiger partial charge is 0.508 e. The number of aromatic hydroxyl groups is 2.